The second kappa shape index (κ2) is 6.73. The van der Waals surface area contributed by atoms with Crippen molar-refractivity contribution in [2.75, 3.05) is 12.5 Å². The SMILES string of the molecule is CCC(=NSC)C(C)=NSC. The van der Waals surface area contributed by atoms with Crippen molar-refractivity contribution < 1.29 is 0 Å². The molecule has 0 aromatic carbocycles. The van der Waals surface area contributed by atoms with Gasteiger partial charge in [-0.05, 0) is 37.2 Å². The van der Waals surface area contributed by atoms with Crippen LogP contribution in [-0.4, -0.2) is 23.9 Å². The molecule has 0 aliphatic heterocycles. The minimum atomic E-state index is 0.955. The van der Waals surface area contributed by atoms with Crippen molar-refractivity contribution in [3.8, 4) is 0 Å². The standard InChI is InChI=1S/C7H14N2S2/c1-5-7(9-11-4)6(2)8-10-3/h5H2,1-4H3. The smallest absolute Gasteiger partial charge is 0.0702 e. The Morgan fingerprint density at radius 2 is 1.73 bits per heavy atom. The molecule has 2 nitrogen and oxygen atoms in total. The van der Waals surface area contributed by atoms with Crippen LogP contribution in [0.15, 0.2) is 8.80 Å². The normalized spacial score (nSPS) is 13.8. The second-order valence-corrected chi connectivity index (χ2v) is 3.03. The van der Waals surface area contributed by atoms with Crippen LogP contribution in [-0.2, 0) is 0 Å². The molecule has 0 amide bonds. The summed E-state index contributed by atoms with van der Waals surface area (Å²) in [6.07, 6.45) is 4.87. The average Bonchev–Trinajstić information content (AvgIpc) is 2.00. The highest BCUT2D eigenvalue weighted by Crippen LogP contribution is 2.03. The molecule has 0 fully saturated rings. The molecular formula is C7H14N2S2. The molecule has 0 unspecified atom stereocenters. The number of hydrogen-bond donors (Lipinski definition) is 0. The second-order valence-electron chi connectivity index (χ2n) is 1.93. The Morgan fingerprint density at radius 3 is 2.09 bits per heavy atom. The molecule has 64 valence electrons. The van der Waals surface area contributed by atoms with Gasteiger partial charge in [-0.25, -0.2) is 8.80 Å². The van der Waals surface area contributed by atoms with Gasteiger partial charge in [0, 0.05) is 12.5 Å². The third kappa shape index (κ3) is 4.48. The van der Waals surface area contributed by atoms with E-state index in [0.29, 0.717) is 0 Å². The van der Waals surface area contributed by atoms with Crippen LogP contribution in [0.5, 0.6) is 0 Å². The largest absolute Gasteiger partial charge is 0.220 e. The van der Waals surface area contributed by atoms with Gasteiger partial charge in [0.05, 0.1) is 11.4 Å². The molecule has 4 heteroatoms. The van der Waals surface area contributed by atoms with Crippen LogP contribution in [0.2, 0.25) is 0 Å². The molecule has 0 spiro atoms. The molecule has 0 saturated heterocycles. The van der Waals surface area contributed by atoms with E-state index >= 15 is 0 Å². The van der Waals surface area contributed by atoms with E-state index in [0.717, 1.165) is 17.8 Å². The van der Waals surface area contributed by atoms with Crippen LogP contribution in [0.4, 0.5) is 0 Å². The summed E-state index contributed by atoms with van der Waals surface area (Å²) in [6, 6.07) is 0. The summed E-state index contributed by atoms with van der Waals surface area (Å²) in [6.45, 7) is 4.09. The molecule has 0 heterocycles. The van der Waals surface area contributed by atoms with E-state index in [1.54, 1.807) is 0 Å². The van der Waals surface area contributed by atoms with Gasteiger partial charge in [0.25, 0.3) is 0 Å². The Bertz CT molecular complexity index is 164. The van der Waals surface area contributed by atoms with Gasteiger partial charge in [-0.2, -0.15) is 0 Å². The van der Waals surface area contributed by atoms with Gasteiger partial charge in [0.1, 0.15) is 0 Å². The van der Waals surface area contributed by atoms with E-state index in [2.05, 4.69) is 15.7 Å². The van der Waals surface area contributed by atoms with Crippen LogP contribution in [0.25, 0.3) is 0 Å². The summed E-state index contributed by atoms with van der Waals surface area (Å²) in [5.74, 6) is 0. The molecular weight excluding hydrogens is 176 g/mol. The lowest BCUT2D eigenvalue weighted by atomic mass is 10.2. The number of rotatable bonds is 4. The summed E-state index contributed by atoms with van der Waals surface area (Å²) >= 11 is 2.96. The highest BCUT2D eigenvalue weighted by Gasteiger charge is 1.99. The van der Waals surface area contributed by atoms with Gasteiger partial charge in [-0.1, -0.05) is 6.92 Å². The van der Waals surface area contributed by atoms with Crippen molar-refractivity contribution >= 4 is 35.3 Å². The van der Waals surface area contributed by atoms with Crippen LogP contribution in [0.1, 0.15) is 20.3 Å². The molecule has 0 atom stereocenters. The molecule has 0 aromatic rings. The first-order valence-corrected chi connectivity index (χ1v) is 5.80. The first kappa shape index (κ1) is 11.0. The summed E-state index contributed by atoms with van der Waals surface area (Å²) in [5.41, 5.74) is 2.13. The lowest BCUT2D eigenvalue weighted by molar-refractivity contribution is 1.30. The monoisotopic (exact) mass is 190 g/mol. The van der Waals surface area contributed by atoms with Crippen molar-refractivity contribution in [2.24, 2.45) is 8.80 Å². The first-order valence-electron chi connectivity index (χ1n) is 3.44. The van der Waals surface area contributed by atoms with Crippen molar-refractivity contribution in [1.82, 2.24) is 0 Å². The maximum Gasteiger partial charge on any atom is 0.0702 e. The van der Waals surface area contributed by atoms with Crippen LogP contribution < -0.4 is 0 Å². The number of nitrogens with zero attached hydrogens (tertiary/aromatic N) is 2. The minimum Gasteiger partial charge on any atom is -0.220 e. The summed E-state index contributed by atoms with van der Waals surface area (Å²) in [4.78, 5) is 0. The molecule has 0 N–H and O–H groups in total. The lowest BCUT2D eigenvalue weighted by Crippen LogP contribution is -2.07. The molecule has 0 radical (unpaired) electrons. The van der Waals surface area contributed by atoms with E-state index in [9.17, 15) is 0 Å². The summed E-state index contributed by atoms with van der Waals surface area (Å²) in [5, 5.41) is 0. The van der Waals surface area contributed by atoms with E-state index in [1.807, 2.05) is 19.4 Å². The van der Waals surface area contributed by atoms with Gasteiger partial charge in [0.2, 0.25) is 0 Å². The van der Waals surface area contributed by atoms with Gasteiger partial charge >= 0.3 is 0 Å². The van der Waals surface area contributed by atoms with Gasteiger partial charge in [-0.3, -0.25) is 0 Å². The molecule has 0 aromatic heterocycles. The maximum atomic E-state index is 4.25. The van der Waals surface area contributed by atoms with Crippen molar-refractivity contribution in [3.63, 3.8) is 0 Å². The molecule has 0 saturated carbocycles. The first-order chi connectivity index (χ1) is 5.26. The third-order valence-electron chi connectivity index (χ3n) is 1.18. The van der Waals surface area contributed by atoms with E-state index in [1.165, 1.54) is 23.9 Å². The predicted octanol–water partition coefficient (Wildman–Crippen LogP) is 2.85. The van der Waals surface area contributed by atoms with Crippen molar-refractivity contribution in [1.29, 1.82) is 0 Å². The fraction of sp³-hybridized carbons (Fsp3) is 0.714. The predicted molar refractivity (Wildman–Crippen MR) is 57.9 cm³/mol. The summed E-state index contributed by atoms with van der Waals surface area (Å²) < 4.78 is 8.45. The molecule has 0 bridgehead atoms. The zero-order valence-electron chi connectivity index (χ0n) is 7.42. The molecule has 0 aliphatic rings. The fourth-order valence-corrected chi connectivity index (χ4v) is 1.55. The quantitative estimate of drug-likeness (QED) is 0.503. The number of hydrogen-bond acceptors (Lipinski definition) is 4. The Morgan fingerprint density at radius 1 is 1.18 bits per heavy atom. The molecule has 11 heavy (non-hydrogen) atoms. The Hall–Kier alpha value is 0.0400. The lowest BCUT2D eigenvalue weighted by Gasteiger charge is -1.99. The van der Waals surface area contributed by atoms with E-state index in [-0.39, 0.29) is 0 Å². The Kier molecular flexibility index (Phi) is 6.76. The highest BCUT2D eigenvalue weighted by atomic mass is 32.2. The van der Waals surface area contributed by atoms with Crippen LogP contribution in [0.3, 0.4) is 0 Å². The summed E-state index contributed by atoms with van der Waals surface area (Å²) in [7, 11) is 0. The van der Waals surface area contributed by atoms with Crippen LogP contribution in [0, 0.1) is 0 Å². The van der Waals surface area contributed by atoms with Crippen LogP contribution >= 0.6 is 23.9 Å². The molecule has 0 aliphatic carbocycles. The third-order valence-corrected chi connectivity index (χ3v) is 2.04. The minimum absolute atomic E-state index is 0.955. The average molecular weight is 190 g/mol. The Balaban J connectivity index is 4.25. The van der Waals surface area contributed by atoms with Crippen molar-refractivity contribution in [3.05, 3.63) is 0 Å². The van der Waals surface area contributed by atoms with Gasteiger partial charge in [0.15, 0.2) is 0 Å². The topological polar surface area (TPSA) is 24.7 Å². The van der Waals surface area contributed by atoms with E-state index in [4.69, 9.17) is 0 Å². The van der Waals surface area contributed by atoms with E-state index < -0.39 is 0 Å². The fourth-order valence-electron chi connectivity index (χ4n) is 0.686. The van der Waals surface area contributed by atoms with Gasteiger partial charge < -0.3 is 0 Å². The molecule has 0 rings (SSSR count). The zero-order valence-corrected chi connectivity index (χ0v) is 9.05. The zero-order chi connectivity index (χ0) is 8.69. The maximum absolute atomic E-state index is 4.25. The van der Waals surface area contributed by atoms with Gasteiger partial charge in [-0.15, -0.1) is 0 Å². The highest BCUT2D eigenvalue weighted by molar-refractivity contribution is 7.97. The Labute approximate surface area is 77.2 Å². The van der Waals surface area contributed by atoms with Crippen molar-refractivity contribution in [2.45, 2.75) is 20.3 Å².